The molecule has 0 aromatic heterocycles. The van der Waals surface area contributed by atoms with E-state index in [2.05, 4.69) is 40.7 Å². The fourth-order valence-electron chi connectivity index (χ4n) is 9.64. The molecule has 4 saturated carbocycles. The fourth-order valence-corrected chi connectivity index (χ4v) is 9.64. The van der Waals surface area contributed by atoms with E-state index in [0.717, 1.165) is 60.2 Å². The van der Waals surface area contributed by atoms with Crippen molar-refractivity contribution in [3.8, 4) is 0 Å². The fraction of sp³-hybridized carbons (Fsp3) is 0.929. The van der Waals surface area contributed by atoms with Crippen LogP contribution in [0.2, 0.25) is 0 Å². The zero-order valence-corrected chi connectivity index (χ0v) is 19.8. The SMILES string of the molecule is CC(C)CC1CC1[C@@H](C)[C@H]1CC[C@H]2[C@@H]3CC=C4C[C@@H](O)CC[C@]4(C)[C@H]3CC[C@]12C. The molecule has 2 unspecified atom stereocenters. The Morgan fingerprint density at radius 2 is 1.83 bits per heavy atom. The Kier molecular flexibility index (Phi) is 5.05. The first-order valence-electron chi connectivity index (χ1n) is 13.1. The molecule has 0 spiro atoms. The Labute approximate surface area is 180 Å². The Bertz CT molecular complexity index is 663. The molecule has 1 nitrogen and oxygen atoms in total. The van der Waals surface area contributed by atoms with Crippen LogP contribution in [0.15, 0.2) is 11.6 Å². The van der Waals surface area contributed by atoms with E-state index < -0.39 is 0 Å². The Balaban J connectivity index is 1.34. The molecule has 1 heteroatoms. The molecule has 5 aliphatic rings. The topological polar surface area (TPSA) is 20.2 Å². The Morgan fingerprint density at radius 3 is 2.59 bits per heavy atom. The van der Waals surface area contributed by atoms with Gasteiger partial charge in [0.05, 0.1) is 6.10 Å². The van der Waals surface area contributed by atoms with Crippen LogP contribution in [0, 0.1) is 58.2 Å². The van der Waals surface area contributed by atoms with Crippen LogP contribution in [0.1, 0.15) is 98.8 Å². The van der Waals surface area contributed by atoms with Gasteiger partial charge >= 0.3 is 0 Å². The molecular weight excluding hydrogens is 352 g/mol. The van der Waals surface area contributed by atoms with Crippen molar-refractivity contribution < 1.29 is 5.11 Å². The van der Waals surface area contributed by atoms with Crippen LogP contribution in [-0.4, -0.2) is 11.2 Å². The maximum Gasteiger partial charge on any atom is 0.0577 e. The standard InChI is InChI=1S/C28H46O/c1-17(2)14-19-15-23(19)18(3)24-8-9-25-22-7-6-20-16-21(29)10-12-27(20,4)26(22)11-13-28(24,25)5/h6,17-19,21-26,29H,7-16H2,1-5H3/t18-,19?,21+,22+,23?,24-,25+,26+,27+,28-/m1/s1. The Hall–Kier alpha value is -0.300. The van der Waals surface area contributed by atoms with Crippen molar-refractivity contribution >= 4 is 0 Å². The van der Waals surface area contributed by atoms with Gasteiger partial charge in [0.2, 0.25) is 0 Å². The molecule has 0 aliphatic heterocycles. The van der Waals surface area contributed by atoms with E-state index in [1.54, 1.807) is 5.57 Å². The molecule has 0 saturated heterocycles. The predicted octanol–water partition coefficient (Wildman–Crippen LogP) is 7.24. The van der Waals surface area contributed by atoms with Crippen molar-refractivity contribution in [2.75, 3.05) is 0 Å². The molecule has 10 atom stereocenters. The first-order valence-corrected chi connectivity index (χ1v) is 13.1. The average Bonchev–Trinajstić information content (AvgIpc) is 3.32. The highest BCUT2D eigenvalue weighted by Gasteiger charge is 2.60. The molecule has 0 heterocycles. The van der Waals surface area contributed by atoms with E-state index in [9.17, 15) is 5.11 Å². The first kappa shape index (κ1) is 20.6. The summed E-state index contributed by atoms with van der Waals surface area (Å²) in [7, 11) is 0. The second kappa shape index (κ2) is 7.11. The molecule has 29 heavy (non-hydrogen) atoms. The molecule has 0 aromatic carbocycles. The van der Waals surface area contributed by atoms with E-state index in [4.69, 9.17) is 0 Å². The average molecular weight is 399 g/mol. The smallest absolute Gasteiger partial charge is 0.0577 e. The van der Waals surface area contributed by atoms with E-state index in [1.165, 1.54) is 51.4 Å². The van der Waals surface area contributed by atoms with Gasteiger partial charge in [-0.3, -0.25) is 0 Å². The van der Waals surface area contributed by atoms with Gasteiger partial charge in [0.25, 0.3) is 0 Å². The number of hydrogen-bond acceptors (Lipinski definition) is 1. The Morgan fingerprint density at radius 1 is 1.03 bits per heavy atom. The van der Waals surface area contributed by atoms with Gasteiger partial charge in [-0.25, -0.2) is 0 Å². The van der Waals surface area contributed by atoms with E-state index in [1.807, 2.05) is 0 Å². The highest BCUT2D eigenvalue weighted by Crippen LogP contribution is 2.68. The minimum Gasteiger partial charge on any atom is -0.393 e. The number of hydrogen-bond donors (Lipinski definition) is 1. The molecule has 0 aromatic rings. The summed E-state index contributed by atoms with van der Waals surface area (Å²) in [5.41, 5.74) is 2.62. The van der Waals surface area contributed by atoms with Crippen LogP contribution in [-0.2, 0) is 0 Å². The van der Waals surface area contributed by atoms with E-state index in [0.29, 0.717) is 10.8 Å². The first-order chi connectivity index (χ1) is 13.7. The van der Waals surface area contributed by atoms with Crippen molar-refractivity contribution in [3.63, 3.8) is 0 Å². The molecule has 164 valence electrons. The largest absolute Gasteiger partial charge is 0.393 e. The lowest BCUT2D eigenvalue weighted by atomic mass is 9.47. The van der Waals surface area contributed by atoms with Gasteiger partial charge in [-0.2, -0.15) is 0 Å². The minimum atomic E-state index is -0.0752. The van der Waals surface area contributed by atoms with Crippen molar-refractivity contribution in [3.05, 3.63) is 11.6 Å². The van der Waals surface area contributed by atoms with Gasteiger partial charge < -0.3 is 5.11 Å². The van der Waals surface area contributed by atoms with Gasteiger partial charge in [-0.1, -0.05) is 46.3 Å². The number of rotatable bonds is 4. The third-order valence-corrected chi connectivity index (χ3v) is 11.2. The summed E-state index contributed by atoms with van der Waals surface area (Å²) in [5, 5.41) is 10.2. The molecule has 4 fully saturated rings. The number of allylic oxidation sites excluding steroid dienone is 1. The maximum atomic E-state index is 10.2. The highest BCUT2D eigenvalue weighted by molar-refractivity contribution is 5.25. The second-order valence-electron chi connectivity index (χ2n) is 13.0. The van der Waals surface area contributed by atoms with Crippen LogP contribution < -0.4 is 0 Å². The van der Waals surface area contributed by atoms with Crippen molar-refractivity contribution in [1.29, 1.82) is 0 Å². The third kappa shape index (κ3) is 3.19. The van der Waals surface area contributed by atoms with Gasteiger partial charge in [-0.05, 0) is 122 Å². The van der Waals surface area contributed by atoms with Crippen LogP contribution in [0.4, 0.5) is 0 Å². The summed E-state index contributed by atoms with van der Waals surface area (Å²) in [6, 6.07) is 0. The maximum absolute atomic E-state index is 10.2. The minimum absolute atomic E-state index is 0.0752. The van der Waals surface area contributed by atoms with Crippen LogP contribution in [0.3, 0.4) is 0 Å². The van der Waals surface area contributed by atoms with Crippen molar-refractivity contribution in [2.45, 2.75) is 105 Å². The number of aliphatic hydroxyl groups is 1. The van der Waals surface area contributed by atoms with Crippen LogP contribution >= 0.6 is 0 Å². The molecule has 0 bridgehead atoms. The second-order valence-corrected chi connectivity index (χ2v) is 13.0. The summed E-state index contributed by atoms with van der Waals surface area (Å²) in [4.78, 5) is 0. The highest BCUT2D eigenvalue weighted by atomic mass is 16.3. The normalized spacial score (nSPS) is 52.4. The van der Waals surface area contributed by atoms with E-state index in [-0.39, 0.29) is 6.10 Å². The van der Waals surface area contributed by atoms with Gasteiger partial charge in [-0.15, -0.1) is 0 Å². The molecule has 5 rings (SSSR count). The summed E-state index contributed by atoms with van der Waals surface area (Å²) in [5.74, 6) is 7.62. The summed E-state index contributed by atoms with van der Waals surface area (Å²) in [6.45, 7) is 12.7. The summed E-state index contributed by atoms with van der Waals surface area (Å²) in [6.07, 6.45) is 16.0. The number of aliphatic hydroxyl groups excluding tert-OH is 1. The van der Waals surface area contributed by atoms with Gasteiger partial charge in [0.15, 0.2) is 0 Å². The van der Waals surface area contributed by atoms with Crippen LogP contribution in [0.25, 0.3) is 0 Å². The van der Waals surface area contributed by atoms with Crippen LogP contribution in [0.5, 0.6) is 0 Å². The van der Waals surface area contributed by atoms with Gasteiger partial charge in [0.1, 0.15) is 0 Å². The van der Waals surface area contributed by atoms with E-state index >= 15 is 0 Å². The predicted molar refractivity (Wildman–Crippen MR) is 121 cm³/mol. The quantitative estimate of drug-likeness (QED) is 0.495. The molecule has 1 N–H and O–H groups in total. The summed E-state index contributed by atoms with van der Waals surface area (Å²) >= 11 is 0. The molecule has 0 amide bonds. The lowest BCUT2D eigenvalue weighted by Crippen LogP contribution is -2.50. The lowest BCUT2D eigenvalue weighted by molar-refractivity contribution is -0.0584. The van der Waals surface area contributed by atoms with Gasteiger partial charge in [0, 0.05) is 0 Å². The van der Waals surface area contributed by atoms with Crippen molar-refractivity contribution in [1.82, 2.24) is 0 Å². The van der Waals surface area contributed by atoms with Crippen molar-refractivity contribution in [2.24, 2.45) is 58.2 Å². The zero-order chi connectivity index (χ0) is 20.6. The zero-order valence-electron chi connectivity index (χ0n) is 19.8. The molecule has 0 radical (unpaired) electrons. The monoisotopic (exact) mass is 398 g/mol. The lowest BCUT2D eigenvalue weighted by Gasteiger charge is -2.58. The molecule has 5 aliphatic carbocycles. The summed E-state index contributed by atoms with van der Waals surface area (Å²) < 4.78 is 0. The molecular formula is C28H46O. The number of fused-ring (bicyclic) bond motifs is 5. The third-order valence-electron chi connectivity index (χ3n) is 11.2.